The molecule has 27 heteroatoms. The molecule has 3 saturated heterocycles. The number of fused-ring (bicyclic) bond motifs is 1. The molecule has 8 rings (SSSR count). The number of phenols is 5. The lowest BCUT2D eigenvalue weighted by molar-refractivity contribution is -0.379. The van der Waals surface area contributed by atoms with Crippen molar-refractivity contribution < 1.29 is 134 Å². The third-order valence-corrected chi connectivity index (χ3v) is 12.6. The number of benzene rings is 3. The number of ether oxygens (including phenoxy) is 10. The quantitative estimate of drug-likeness (QED) is 0.0441. The smallest absolute Gasteiger partial charge is 0.333 e. The fraction of sp³-hybridized carbons (Fsp3) is 0.373. The van der Waals surface area contributed by atoms with Gasteiger partial charge in [-0.05, 0) is 71.8 Å². The number of aromatic hydroxyl groups is 5. The first-order chi connectivity index (χ1) is 37.1. The molecule has 0 saturated carbocycles. The summed E-state index contributed by atoms with van der Waals surface area (Å²) in [5.74, 6) is -6.18. The largest absolute Gasteiger partial charge is 0.508 e. The van der Waals surface area contributed by atoms with E-state index in [4.69, 9.17) is 47.4 Å². The molecule has 1 aliphatic carbocycles. The number of phenolic OH excluding ortho intramolecular Hbond substituents is 5. The topological polar surface area (TPSA) is 430 Å². The molecule has 0 spiro atoms. The number of aliphatic hydroxyl groups is 10. The second-order valence-corrected chi connectivity index (χ2v) is 18.0. The van der Waals surface area contributed by atoms with Crippen LogP contribution >= 0.6 is 0 Å². The molecule has 3 aromatic rings. The number of allylic oxidation sites excluding steroid dienone is 2. The van der Waals surface area contributed by atoms with E-state index in [-0.39, 0.29) is 39.7 Å². The molecule has 27 nitrogen and oxygen atoms in total. The van der Waals surface area contributed by atoms with Crippen molar-refractivity contribution >= 4 is 29.8 Å². The minimum absolute atomic E-state index is 0.0603. The first kappa shape index (κ1) is 56.7. The van der Waals surface area contributed by atoms with Gasteiger partial charge in [-0.3, -0.25) is 4.74 Å². The molecule has 15 N–H and O–H groups in total. The van der Waals surface area contributed by atoms with Gasteiger partial charge in [0.2, 0.25) is 18.9 Å². The van der Waals surface area contributed by atoms with Gasteiger partial charge in [-0.2, -0.15) is 0 Å². The van der Waals surface area contributed by atoms with Gasteiger partial charge in [0.25, 0.3) is 0 Å². The van der Waals surface area contributed by atoms with E-state index in [9.17, 15) is 86.2 Å². The Bertz CT molecular complexity index is 2870. The van der Waals surface area contributed by atoms with E-state index in [0.29, 0.717) is 5.56 Å². The molecule has 3 fully saturated rings. The molecule has 4 heterocycles. The first-order valence-electron chi connectivity index (χ1n) is 23.5. The summed E-state index contributed by atoms with van der Waals surface area (Å²) >= 11 is 0. The second kappa shape index (κ2) is 24.0. The number of hydrogen-bond donors (Lipinski definition) is 15. The molecule has 0 bridgehead atoms. The number of carbonyl (C=O) groups excluding carboxylic acids is 2. The van der Waals surface area contributed by atoms with Crippen LogP contribution in [-0.2, 0) is 52.2 Å². The van der Waals surface area contributed by atoms with Crippen molar-refractivity contribution in [3.63, 3.8) is 0 Å². The Morgan fingerprint density at radius 3 is 1.86 bits per heavy atom. The molecule has 0 radical (unpaired) electrons. The Balaban J connectivity index is 1.12. The van der Waals surface area contributed by atoms with Gasteiger partial charge in [-0.15, -0.1) is 0 Å². The van der Waals surface area contributed by atoms with Gasteiger partial charge in [0.15, 0.2) is 58.4 Å². The van der Waals surface area contributed by atoms with Gasteiger partial charge in [0.05, 0.1) is 13.7 Å². The maximum absolute atomic E-state index is 13.2. The molecule has 4 aliphatic heterocycles. The van der Waals surface area contributed by atoms with E-state index >= 15 is 0 Å². The number of rotatable bonds is 16. The van der Waals surface area contributed by atoms with E-state index in [1.54, 1.807) is 0 Å². The molecule has 3 aromatic carbocycles. The van der Waals surface area contributed by atoms with Crippen LogP contribution < -0.4 is 4.74 Å². The highest BCUT2D eigenvalue weighted by Crippen LogP contribution is 2.42. The van der Waals surface area contributed by atoms with Gasteiger partial charge in [0.1, 0.15) is 85.3 Å². The van der Waals surface area contributed by atoms with Crippen molar-refractivity contribution in [3.05, 3.63) is 125 Å². The van der Waals surface area contributed by atoms with Gasteiger partial charge in [-0.25, -0.2) is 9.59 Å². The summed E-state index contributed by atoms with van der Waals surface area (Å²) in [6.45, 7) is -1.62. The third kappa shape index (κ3) is 12.4. The van der Waals surface area contributed by atoms with Gasteiger partial charge in [0, 0.05) is 35.4 Å². The highest BCUT2D eigenvalue weighted by molar-refractivity contribution is 5.88. The first-order valence-corrected chi connectivity index (χ1v) is 23.5. The fourth-order valence-electron chi connectivity index (χ4n) is 8.37. The minimum Gasteiger partial charge on any atom is -0.508 e. The highest BCUT2D eigenvalue weighted by atomic mass is 16.8. The van der Waals surface area contributed by atoms with Crippen LogP contribution in [0.1, 0.15) is 16.7 Å². The Morgan fingerprint density at radius 2 is 1.19 bits per heavy atom. The van der Waals surface area contributed by atoms with E-state index in [0.717, 1.165) is 54.6 Å². The van der Waals surface area contributed by atoms with Crippen LogP contribution in [-0.4, -0.2) is 207 Å². The summed E-state index contributed by atoms with van der Waals surface area (Å²) in [5, 5.41) is 159. The standard InChI is InChI=1S/C51H54O27/c1-69-32-13-21(3-8-27(32)56)4-10-36(59)70-19-35-39(62)41(64)44(67)49(75-35)77-47-42(65)45(68)50(76-37(60)11-5-20-2-7-25(54)28(57)12-20)78-51(47)73-33-17-24-30(71-46(33)22-6-9-26(55)29(58)14-22)15-23(53)16-31(24)72-48-43(66)40(63)38(61)34(18-52)74-48/h2-17,30,34-35,38-45,47-58,61-68H,18-19H2,1H3. The predicted molar refractivity (Wildman–Crippen MR) is 256 cm³/mol. The van der Waals surface area contributed by atoms with Crippen LogP contribution in [0, 0.1) is 0 Å². The van der Waals surface area contributed by atoms with Gasteiger partial charge < -0.3 is 119 Å². The summed E-state index contributed by atoms with van der Waals surface area (Å²) in [7, 11) is 1.32. The second-order valence-electron chi connectivity index (χ2n) is 18.0. The minimum atomic E-state index is -2.29. The maximum Gasteiger partial charge on any atom is 0.333 e. The van der Waals surface area contributed by atoms with E-state index < -0.39 is 158 Å². The van der Waals surface area contributed by atoms with Crippen molar-refractivity contribution in [1.82, 2.24) is 0 Å². The van der Waals surface area contributed by atoms with Crippen LogP contribution in [0.3, 0.4) is 0 Å². The molecular weight excluding hydrogens is 1040 g/mol. The lowest BCUT2D eigenvalue weighted by atomic mass is 9.96. The summed E-state index contributed by atoms with van der Waals surface area (Å²) in [6.07, 6.45) is -23.7. The van der Waals surface area contributed by atoms with E-state index in [1.807, 2.05) is 0 Å². The van der Waals surface area contributed by atoms with Crippen LogP contribution in [0.15, 0.2) is 108 Å². The summed E-state index contributed by atoms with van der Waals surface area (Å²) < 4.78 is 57.4. The SMILES string of the molecule is COc1cc(C=CC(=O)OCC2OC(OC3C(OC4=C(c5ccc(O)c(O)c5)OC5C=C(O)C=C(OC6OC(CO)C(O)C(O)C6O)C5=C4)OC(OC(=O)C=Cc4ccc(O)c(O)c4)C(O)C3O)C(O)C(O)C2O)ccc1O. The number of carbonyl (C=O) groups is 2. The zero-order valence-corrected chi connectivity index (χ0v) is 40.5. The lowest BCUT2D eigenvalue weighted by Gasteiger charge is -2.46. The molecule has 420 valence electrons. The average molecular weight is 1100 g/mol. The number of hydrogen-bond acceptors (Lipinski definition) is 27. The highest BCUT2D eigenvalue weighted by Gasteiger charge is 2.53. The van der Waals surface area contributed by atoms with Crippen molar-refractivity contribution in [1.29, 1.82) is 0 Å². The number of aliphatic hydroxyl groups excluding tert-OH is 10. The van der Waals surface area contributed by atoms with E-state index in [1.165, 1.54) is 49.6 Å². The van der Waals surface area contributed by atoms with E-state index in [2.05, 4.69) is 0 Å². The Labute approximate surface area is 440 Å². The average Bonchev–Trinajstić information content (AvgIpc) is 3.44. The summed E-state index contributed by atoms with van der Waals surface area (Å²) in [4.78, 5) is 26.0. The van der Waals surface area contributed by atoms with Crippen LogP contribution in [0.25, 0.3) is 17.9 Å². The zero-order valence-electron chi connectivity index (χ0n) is 40.5. The zero-order chi connectivity index (χ0) is 56.3. The third-order valence-electron chi connectivity index (χ3n) is 12.6. The predicted octanol–water partition coefficient (Wildman–Crippen LogP) is -1.50. The normalized spacial score (nSPS) is 32.1. The molecule has 0 aromatic heterocycles. The van der Waals surface area contributed by atoms with Crippen LogP contribution in [0.5, 0.6) is 34.5 Å². The van der Waals surface area contributed by atoms with Crippen molar-refractivity contribution in [3.8, 4) is 34.5 Å². The monoisotopic (exact) mass is 1100 g/mol. The Hall–Kier alpha value is -7.48. The number of methoxy groups -OCH3 is 1. The van der Waals surface area contributed by atoms with Gasteiger partial charge >= 0.3 is 11.9 Å². The lowest BCUT2D eigenvalue weighted by Crippen LogP contribution is -2.64. The maximum atomic E-state index is 13.2. The molecule has 0 amide bonds. The molecule has 16 unspecified atom stereocenters. The van der Waals surface area contributed by atoms with Crippen molar-refractivity contribution in [2.45, 2.75) is 98.4 Å². The van der Waals surface area contributed by atoms with Crippen molar-refractivity contribution in [2.75, 3.05) is 20.3 Å². The summed E-state index contributed by atoms with van der Waals surface area (Å²) in [6, 6.07) is 11.1. The van der Waals surface area contributed by atoms with Crippen LogP contribution in [0.2, 0.25) is 0 Å². The van der Waals surface area contributed by atoms with Gasteiger partial charge in [-0.1, -0.05) is 12.1 Å². The number of esters is 2. The Morgan fingerprint density at radius 1 is 0.590 bits per heavy atom. The molecule has 16 atom stereocenters. The molecular formula is C51H54O27. The molecule has 5 aliphatic rings. The molecule has 78 heavy (non-hydrogen) atoms. The van der Waals surface area contributed by atoms with Crippen LogP contribution in [0.4, 0.5) is 0 Å². The summed E-state index contributed by atoms with van der Waals surface area (Å²) in [5.41, 5.74) is 0.464. The fourth-order valence-corrected chi connectivity index (χ4v) is 8.37. The Kier molecular flexibility index (Phi) is 17.5. The van der Waals surface area contributed by atoms with Crippen molar-refractivity contribution in [2.24, 2.45) is 0 Å².